The van der Waals surface area contributed by atoms with Crippen molar-refractivity contribution < 1.29 is 80.2 Å². The SMILES string of the molecule is CCCCCCCCCCCCCCCCC(=O)OC[C@H](COP(=O)(O)OC[C@@H](O)COP(=O)(O)OC[C@@H](COC(=O)CCCCCCCCCCC(C)CC)OC(=O)CCCCCCCCCCCCCCC)OC(=O)CCCCCCCCCCCCCCCCCC(C)C. The Morgan fingerprint density at radius 2 is 0.526 bits per heavy atom. The summed E-state index contributed by atoms with van der Waals surface area (Å²) in [6, 6.07) is 0. The summed E-state index contributed by atoms with van der Waals surface area (Å²) in [7, 11) is -9.92. The number of carbonyl (C=O) groups is 4. The van der Waals surface area contributed by atoms with Gasteiger partial charge >= 0.3 is 39.5 Å². The van der Waals surface area contributed by atoms with Gasteiger partial charge in [0, 0.05) is 25.7 Å². The number of hydrogen-bond donors (Lipinski definition) is 3. The molecule has 3 N–H and O–H groups in total. The molecule has 17 nitrogen and oxygen atoms in total. The van der Waals surface area contributed by atoms with E-state index in [0.717, 1.165) is 102 Å². The van der Waals surface area contributed by atoms with Gasteiger partial charge in [0.2, 0.25) is 0 Å². The lowest BCUT2D eigenvalue weighted by Crippen LogP contribution is -2.30. The summed E-state index contributed by atoms with van der Waals surface area (Å²) in [4.78, 5) is 72.9. The summed E-state index contributed by atoms with van der Waals surface area (Å²) in [6.07, 6.45) is 58.0. The van der Waals surface area contributed by atoms with Crippen molar-refractivity contribution in [2.75, 3.05) is 39.6 Å². The molecule has 0 saturated heterocycles. The third-order valence-electron chi connectivity index (χ3n) is 18.6. The van der Waals surface area contributed by atoms with E-state index in [1.54, 1.807) is 0 Å². The van der Waals surface area contributed by atoms with Gasteiger partial charge in [-0.1, -0.05) is 356 Å². The zero-order valence-corrected chi connectivity index (χ0v) is 65.2. The van der Waals surface area contributed by atoms with Crippen LogP contribution in [0.25, 0.3) is 0 Å². The molecular formula is C78H152O17P2. The number of aliphatic hydroxyl groups is 1. The van der Waals surface area contributed by atoms with Crippen LogP contribution < -0.4 is 0 Å². The Hall–Kier alpha value is -1.94. The number of carbonyl (C=O) groups excluding carboxylic acids is 4. The molecule has 19 heteroatoms. The lowest BCUT2D eigenvalue weighted by molar-refractivity contribution is -0.161. The van der Waals surface area contributed by atoms with E-state index in [1.165, 1.54) is 225 Å². The van der Waals surface area contributed by atoms with Gasteiger partial charge in [0.1, 0.15) is 19.3 Å². The molecule has 576 valence electrons. The standard InChI is InChI=1S/C78H152O17P2/c1-7-10-12-14-16-18-20-22-28-31-35-42-48-54-60-75(80)88-66-73(94-78(83)63-57-51-45-37-33-29-25-23-24-27-30-34-40-46-52-58-70(4)5)68-92-96(84,85)90-64-72(79)65-91-97(86,87)93-69-74(67-89-76(81)61-55-49-43-39-38-41-47-53-59-71(6)9-3)95-77(82)62-56-50-44-36-32-26-21-19-17-15-13-11-8-2/h70-74,79H,7-69H2,1-6H3,(H,84,85)(H,86,87)/t71?,72-,73-,74-/m1/s1. The van der Waals surface area contributed by atoms with E-state index in [1.807, 2.05) is 0 Å². The maximum Gasteiger partial charge on any atom is 0.472 e. The molecule has 3 unspecified atom stereocenters. The van der Waals surface area contributed by atoms with Gasteiger partial charge in [-0.15, -0.1) is 0 Å². The van der Waals surface area contributed by atoms with Crippen LogP contribution in [0.3, 0.4) is 0 Å². The Morgan fingerprint density at radius 1 is 0.299 bits per heavy atom. The average Bonchev–Trinajstić information content (AvgIpc) is 2.74. The minimum Gasteiger partial charge on any atom is -0.462 e. The number of unbranched alkanes of at least 4 members (excludes halogenated alkanes) is 46. The molecule has 0 aromatic rings. The number of phosphoric ester groups is 2. The van der Waals surface area contributed by atoms with Crippen molar-refractivity contribution in [2.45, 2.75) is 426 Å². The molecule has 0 aliphatic heterocycles. The molecular weight excluding hydrogens is 1270 g/mol. The summed E-state index contributed by atoms with van der Waals surface area (Å²) < 4.78 is 68.6. The zero-order chi connectivity index (χ0) is 71.4. The molecule has 0 spiro atoms. The van der Waals surface area contributed by atoms with Crippen LogP contribution in [0.1, 0.15) is 408 Å². The number of ether oxygens (including phenoxy) is 4. The lowest BCUT2D eigenvalue weighted by Gasteiger charge is -2.21. The van der Waals surface area contributed by atoms with E-state index in [2.05, 4.69) is 41.5 Å². The summed E-state index contributed by atoms with van der Waals surface area (Å²) >= 11 is 0. The smallest absolute Gasteiger partial charge is 0.462 e. The highest BCUT2D eigenvalue weighted by Gasteiger charge is 2.30. The molecule has 0 rings (SSSR count). The van der Waals surface area contributed by atoms with Gasteiger partial charge in [0.25, 0.3) is 0 Å². The molecule has 0 fully saturated rings. The molecule has 0 bridgehead atoms. The molecule has 0 heterocycles. The average molecular weight is 1420 g/mol. The first-order valence-corrected chi connectivity index (χ1v) is 43.5. The Bertz CT molecular complexity index is 1870. The highest BCUT2D eigenvalue weighted by Crippen LogP contribution is 2.45. The quantitative estimate of drug-likeness (QED) is 0.0222. The normalized spacial score (nSPS) is 14.2. The van der Waals surface area contributed by atoms with Crippen molar-refractivity contribution in [1.82, 2.24) is 0 Å². The lowest BCUT2D eigenvalue weighted by atomic mass is 9.99. The van der Waals surface area contributed by atoms with E-state index in [0.29, 0.717) is 25.7 Å². The van der Waals surface area contributed by atoms with Gasteiger partial charge in [-0.3, -0.25) is 37.3 Å². The molecule has 0 aromatic carbocycles. The first kappa shape index (κ1) is 95.1. The summed E-state index contributed by atoms with van der Waals surface area (Å²) in [5, 5.41) is 10.6. The Kier molecular flexibility index (Phi) is 68.4. The van der Waals surface area contributed by atoms with Gasteiger partial charge in [0.05, 0.1) is 26.4 Å². The minimum atomic E-state index is -4.96. The first-order chi connectivity index (χ1) is 46.9. The fourth-order valence-corrected chi connectivity index (χ4v) is 13.6. The highest BCUT2D eigenvalue weighted by atomic mass is 31.2. The second-order valence-corrected chi connectivity index (χ2v) is 31.7. The minimum absolute atomic E-state index is 0.107. The number of esters is 4. The van der Waals surface area contributed by atoms with Gasteiger partial charge in [-0.25, -0.2) is 9.13 Å². The van der Waals surface area contributed by atoms with Crippen molar-refractivity contribution in [3.63, 3.8) is 0 Å². The van der Waals surface area contributed by atoms with Gasteiger partial charge in [0.15, 0.2) is 12.2 Å². The maximum absolute atomic E-state index is 13.1. The molecule has 0 amide bonds. The fourth-order valence-electron chi connectivity index (χ4n) is 12.0. The molecule has 0 aromatic heterocycles. The van der Waals surface area contributed by atoms with Crippen molar-refractivity contribution in [3.05, 3.63) is 0 Å². The summed E-state index contributed by atoms with van der Waals surface area (Å²) in [5.74, 6) is -0.530. The molecule has 97 heavy (non-hydrogen) atoms. The van der Waals surface area contributed by atoms with Crippen LogP contribution in [0.15, 0.2) is 0 Å². The van der Waals surface area contributed by atoms with Crippen molar-refractivity contribution in [1.29, 1.82) is 0 Å². The molecule has 0 aliphatic rings. The van der Waals surface area contributed by atoms with Crippen LogP contribution in [0.2, 0.25) is 0 Å². The zero-order valence-electron chi connectivity index (χ0n) is 63.4. The van der Waals surface area contributed by atoms with Crippen LogP contribution in [0, 0.1) is 11.8 Å². The van der Waals surface area contributed by atoms with Crippen molar-refractivity contribution in [2.24, 2.45) is 11.8 Å². The molecule has 0 saturated carbocycles. The van der Waals surface area contributed by atoms with Crippen molar-refractivity contribution >= 4 is 39.5 Å². The third-order valence-corrected chi connectivity index (χ3v) is 20.5. The topological polar surface area (TPSA) is 237 Å². The number of aliphatic hydroxyl groups excluding tert-OH is 1. The van der Waals surface area contributed by atoms with Crippen LogP contribution in [0.5, 0.6) is 0 Å². The van der Waals surface area contributed by atoms with Crippen LogP contribution in [0.4, 0.5) is 0 Å². The van der Waals surface area contributed by atoms with Crippen LogP contribution in [-0.4, -0.2) is 96.7 Å². The maximum atomic E-state index is 13.1. The summed E-state index contributed by atoms with van der Waals surface area (Å²) in [6.45, 7) is 9.65. The number of rotatable bonds is 77. The molecule has 6 atom stereocenters. The molecule has 0 aliphatic carbocycles. The second-order valence-electron chi connectivity index (χ2n) is 28.8. The van der Waals surface area contributed by atoms with E-state index in [9.17, 15) is 43.2 Å². The van der Waals surface area contributed by atoms with E-state index >= 15 is 0 Å². The van der Waals surface area contributed by atoms with Gasteiger partial charge in [-0.2, -0.15) is 0 Å². The fraction of sp³-hybridized carbons (Fsp3) is 0.949. The Balaban J connectivity index is 5.26. The largest absolute Gasteiger partial charge is 0.472 e. The predicted octanol–water partition coefficient (Wildman–Crippen LogP) is 23.1. The van der Waals surface area contributed by atoms with Crippen LogP contribution in [-0.2, 0) is 65.4 Å². The van der Waals surface area contributed by atoms with E-state index in [4.69, 9.17) is 37.0 Å². The van der Waals surface area contributed by atoms with E-state index < -0.39 is 97.5 Å². The highest BCUT2D eigenvalue weighted by molar-refractivity contribution is 7.47. The monoisotopic (exact) mass is 1420 g/mol. The van der Waals surface area contributed by atoms with E-state index in [-0.39, 0.29) is 25.7 Å². The molecule has 0 radical (unpaired) electrons. The number of phosphoric acid groups is 2. The van der Waals surface area contributed by atoms with Crippen molar-refractivity contribution in [3.8, 4) is 0 Å². The first-order valence-electron chi connectivity index (χ1n) is 40.5. The number of hydrogen-bond acceptors (Lipinski definition) is 15. The Morgan fingerprint density at radius 3 is 0.784 bits per heavy atom. The second kappa shape index (κ2) is 69.8. The van der Waals surface area contributed by atoms with Gasteiger partial charge < -0.3 is 33.8 Å². The van der Waals surface area contributed by atoms with Crippen LogP contribution >= 0.6 is 15.6 Å². The van der Waals surface area contributed by atoms with Gasteiger partial charge in [-0.05, 0) is 37.5 Å². The summed E-state index contributed by atoms with van der Waals surface area (Å²) in [5.41, 5.74) is 0. The third kappa shape index (κ3) is 70.9. The Labute approximate surface area is 594 Å². The predicted molar refractivity (Wildman–Crippen MR) is 395 cm³/mol.